The first-order chi connectivity index (χ1) is 11.5. The van der Waals surface area contributed by atoms with Gasteiger partial charge in [0.15, 0.2) is 6.10 Å². The Kier molecular flexibility index (Phi) is 4.53. The molecule has 0 amide bonds. The van der Waals surface area contributed by atoms with Crippen molar-refractivity contribution in [3.63, 3.8) is 0 Å². The Hall–Kier alpha value is -2.79. The van der Waals surface area contributed by atoms with Gasteiger partial charge in [0, 0.05) is 16.5 Å². The van der Waals surface area contributed by atoms with E-state index >= 15 is 0 Å². The van der Waals surface area contributed by atoms with E-state index in [0.29, 0.717) is 22.4 Å². The van der Waals surface area contributed by atoms with Gasteiger partial charge < -0.3 is 14.6 Å². The molecule has 1 aromatic heterocycles. The first-order valence-electron chi connectivity index (χ1n) is 7.25. The highest BCUT2D eigenvalue weighted by molar-refractivity contribution is 6.31. The van der Waals surface area contributed by atoms with Crippen LogP contribution in [-0.4, -0.2) is 22.2 Å². The first-order valence-corrected chi connectivity index (χ1v) is 7.63. The maximum Gasteiger partial charge on any atom is 0.344 e. The normalized spacial score (nSPS) is 11.9. The van der Waals surface area contributed by atoms with Crippen molar-refractivity contribution in [1.82, 2.24) is 4.98 Å². The lowest BCUT2D eigenvalue weighted by Gasteiger charge is -2.11. The van der Waals surface area contributed by atoms with Gasteiger partial charge in [-0.2, -0.15) is 0 Å². The van der Waals surface area contributed by atoms with Crippen LogP contribution in [0.3, 0.4) is 0 Å². The largest absolute Gasteiger partial charge is 0.479 e. The molecule has 6 heteroatoms. The van der Waals surface area contributed by atoms with Gasteiger partial charge in [-0.1, -0.05) is 17.7 Å². The number of fused-ring (bicyclic) bond motifs is 1. The number of carboxylic acid groups (broad SMARTS) is 1. The van der Waals surface area contributed by atoms with Gasteiger partial charge in [-0.05, 0) is 49.4 Å². The molecule has 1 N–H and O–H groups in total. The van der Waals surface area contributed by atoms with Crippen LogP contribution in [0.25, 0.3) is 10.9 Å². The molecule has 2 aromatic carbocycles. The summed E-state index contributed by atoms with van der Waals surface area (Å²) in [7, 11) is 0. The van der Waals surface area contributed by atoms with Crippen molar-refractivity contribution < 1.29 is 19.4 Å². The van der Waals surface area contributed by atoms with E-state index in [2.05, 4.69) is 4.98 Å². The Morgan fingerprint density at radius 2 is 1.75 bits per heavy atom. The number of benzene rings is 2. The molecule has 0 bridgehead atoms. The standard InChI is InChI=1S/C18H14ClNO4/c1-11(18(21)22)23-14-5-7-15(8-6-14)24-17-9-3-12-2-4-13(19)10-16(12)20-17/h2-11H,1H3,(H,21,22)/t11-/m1/s1. The molecule has 24 heavy (non-hydrogen) atoms. The summed E-state index contributed by atoms with van der Waals surface area (Å²) in [5, 5.41) is 10.4. The van der Waals surface area contributed by atoms with Crippen LogP contribution in [0.4, 0.5) is 0 Å². The summed E-state index contributed by atoms with van der Waals surface area (Å²) in [5.41, 5.74) is 0.746. The van der Waals surface area contributed by atoms with Gasteiger partial charge in [-0.3, -0.25) is 0 Å². The summed E-state index contributed by atoms with van der Waals surface area (Å²) >= 11 is 5.98. The van der Waals surface area contributed by atoms with Gasteiger partial charge in [0.05, 0.1) is 5.52 Å². The average Bonchev–Trinajstić information content (AvgIpc) is 2.56. The molecule has 122 valence electrons. The van der Waals surface area contributed by atoms with Crippen LogP contribution < -0.4 is 9.47 Å². The molecule has 0 saturated carbocycles. The smallest absolute Gasteiger partial charge is 0.344 e. The van der Waals surface area contributed by atoms with Crippen molar-refractivity contribution in [2.75, 3.05) is 0 Å². The molecule has 1 heterocycles. The van der Waals surface area contributed by atoms with Gasteiger partial charge >= 0.3 is 5.97 Å². The molecule has 0 saturated heterocycles. The maximum atomic E-state index is 10.8. The number of rotatable bonds is 5. The molecule has 3 aromatic rings. The molecule has 0 aliphatic carbocycles. The van der Waals surface area contributed by atoms with Gasteiger partial charge in [0.1, 0.15) is 11.5 Å². The van der Waals surface area contributed by atoms with Gasteiger partial charge in [0.2, 0.25) is 5.88 Å². The number of hydrogen-bond acceptors (Lipinski definition) is 4. The molecule has 0 unspecified atom stereocenters. The Morgan fingerprint density at radius 1 is 1.08 bits per heavy atom. The van der Waals surface area contributed by atoms with Gasteiger partial charge in [-0.15, -0.1) is 0 Å². The Morgan fingerprint density at radius 3 is 2.46 bits per heavy atom. The Bertz CT molecular complexity index is 880. The predicted molar refractivity (Wildman–Crippen MR) is 91.0 cm³/mol. The quantitative estimate of drug-likeness (QED) is 0.737. The Balaban J connectivity index is 1.75. The number of aromatic nitrogens is 1. The zero-order valence-corrected chi connectivity index (χ0v) is 13.5. The second-order valence-electron chi connectivity index (χ2n) is 5.16. The average molecular weight is 344 g/mol. The summed E-state index contributed by atoms with van der Waals surface area (Å²) in [4.78, 5) is 15.2. The van der Waals surface area contributed by atoms with Crippen LogP contribution >= 0.6 is 11.6 Å². The molecule has 0 aliphatic heterocycles. The van der Waals surface area contributed by atoms with Crippen LogP contribution in [-0.2, 0) is 4.79 Å². The molecule has 0 spiro atoms. The molecule has 0 radical (unpaired) electrons. The predicted octanol–water partition coefficient (Wildman–Crippen LogP) is 4.53. The third-order valence-corrected chi connectivity index (χ3v) is 3.57. The molecule has 1 atom stereocenters. The van der Waals surface area contributed by atoms with E-state index in [-0.39, 0.29) is 0 Å². The molecule has 0 aliphatic rings. The van der Waals surface area contributed by atoms with E-state index in [0.717, 1.165) is 10.9 Å². The highest BCUT2D eigenvalue weighted by atomic mass is 35.5. The van der Waals surface area contributed by atoms with E-state index in [1.54, 1.807) is 36.4 Å². The zero-order chi connectivity index (χ0) is 17.1. The number of ether oxygens (including phenoxy) is 2. The monoisotopic (exact) mass is 343 g/mol. The minimum absolute atomic E-state index is 0.442. The summed E-state index contributed by atoms with van der Waals surface area (Å²) in [6.07, 6.45) is -0.913. The Labute approximate surface area is 143 Å². The van der Waals surface area contributed by atoms with E-state index < -0.39 is 12.1 Å². The second-order valence-corrected chi connectivity index (χ2v) is 5.59. The second kappa shape index (κ2) is 6.76. The number of carboxylic acids is 1. The zero-order valence-electron chi connectivity index (χ0n) is 12.8. The number of aliphatic carboxylic acids is 1. The van der Waals surface area contributed by atoms with Crippen LogP contribution in [0.15, 0.2) is 54.6 Å². The molecular formula is C18H14ClNO4. The van der Waals surface area contributed by atoms with Crippen LogP contribution in [0.2, 0.25) is 5.02 Å². The first kappa shape index (κ1) is 16.1. The van der Waals surface area contributed by atoms with Crippen LogP contribution in [0, 0.1) is 0 Å². The van der Waals surface area contributed by atoms with Gasteiger partial charge in [-0.25, -0.2) is 9.78 Å². The number of pyridine rings is 1. The van der Waals surface area contributed by atoms with Crippen molar-refractivity contribution >= 4 is 28.5 Å². The number of carbonyl (C=O) groups is 1. The summed E-state index contributed by atoms with van der Waals surface area (Å²) < 4.78 is 11.0. The number of nitrogens with zero attached hydrogens (tertiary/aromatic N) is 1. The fourth-order valence-corrected chi connectivity index (χ4v) is 2.26. The van der Waals surface area contributed by atoms with E-state index in [1.165, 1.54) is 6.92 Å². The van der Waals surface area contributed by atoms with Crippen molar-refractivity contribution in [3.05, 3.63) is 59.6 Å². The summed E-state index contributed by atoms with van der Waals surface area (Å²) in [6.45, 7) is 1.47. The van der Waals surface area contributed by atoms with E-state index in [4.69, 9.17) is 26.2 Å². The lowest BCUT2D eigenvalue weighted by atomic mass is 10.2. The fraction of sp³-hybridized carbons (Fsp3) is 0.111. The highest BCUT2D eigenvalue weighted by Gasteiger charge is 2.12. The van der Waals surface area contributed by atoms with E-state index in [1.807, 2.05) is 18.2 Å². The number of halogens is 1. The maximum absolute atomic E-state index is 10.8. The van der Waals surface area contributed by atoms with Crippen molar-refractivity contribution in [2.45, 2.75) is 13.0 Å². The number of hydrogen-bond donors (Lipinski definition) is 1. The highest BCUT2D eigenvalue weighted by Crippen LogP contribution is 2.26. The minimum Gasteiger partial charge on any atom is -0.479 e. The topological polar surface area (TPSA) is 68.7 Å². The van der Waals surface area contributed by atoms with Crippen molar-refractivity contribution in [3.8, 4) is 17.4 Å². The van der Waals surface area contributed by atoms with Crippen LogP contribution in [0.1, 0.15) is 6.92 Å². The third-order valence-electron chi connectivity index (χ3n) is 3.34. The molecular weight excluding hydrogens is 330 g/mol. The molecule has 5 nitrogen and oxygen atoms in total. The summed E-state index contributed by atoms with van der Waals surface area (Å²) in [5.74, 6) is 0.446. The lowest BCUT2D eigenvalue weighted by molar-refractivity contribution is -0.144. The van der Waals surface area contributed by atoms with Gasteiger partial charge in [0.25, 0.3) is 0 Å². The minimum atomic E-state index is -1.02. The van der Waals surface area contributed by atoms with E-state index in [9.17, 15) is 4.79 Å². The summed E-state index contributed by atoms with van der Waals surface area (Å²) in [6, 6.07) is 15.8. The van der Waals surface area contributed by atoms with Crippen molar-refractivity contribution in [1.29, 1.82) is 0 Å². The third kappa shape index (κ3) is 3.75. The SMILES string of the molecule is C[C@@H](Oc1ccc(Oc2ccc3ccc(Cl)cc3n2)cc1)C(=O)O. The van der Waals surface area contributed by atoms with Crippen LogP contribution in [0.5, 0.6) is 17.4 Å². The lowest BCUT2D eigenvalue weighted by Crippen LogP contribution is -2.22. The van der Waals surface area contributed by atoms with Crippen molar-refractivity contribution in [2.24, 2.45) is 0 Å². The fourth-order valence-electron chi connectivity index (χ4n) is 2.09. The molecule has 3 rings (SSSR count). The molecule has 0 fully saturated rings.